The van der Waals surface area contributed by atoms with E-state index in [4.69, 9.17) is 10.5 Å². The first-order valence-corrected chi connectivity index (χ1v) is 5.70. The van der Waals surface area contributed by atoms with Crippen molar-refractivity contribution in [3.8, 4) is 0 Å². The van der Waals surface area contributed by atoms with Crippen LogP contribution in [0, 0.1) is 0 Å². The zero-order valence-corrected chi connectivity index (χ0v) is 9.20. The molecule has 7 heteroatoms. The highest BCUT2D eigenvalue weighted by atomic mass is 32.1. The molecule has 0 spiro atoms. The number of hydrogen-bond donors (Lipinski definition) is 1. The van der Waals surface area contributed by atoms with E-state index in [2.05, 4.69) is 4.98 Å². The van der Waals surface area contributed by atoms with Crippen molar-refractivity contribution < 1.29 is 17.9 Å². The molecule has 1 fully saturated rings. The molecule has 1 aliphatic rings. The van der Waals surface area contributed by atoms with Crippen molar-refractivity contribution in [3.05, 3.63) is 16.1 Å². The summed E-state index contributed by atoms with van der Waals surface area (Å²) in [5, 5.41) is 0.563. The number of nitrogens with zero attached hydrogens (tertiary/aromatic N) is 1. The molecule has 0 aliphatic carbocycles. The third-order valence-corrected chi connectivity index (χ3v) is 3.53. The molecule has 0 amide bonds. The van der Waals surface area contributed by atoms with Crippen LogP contribution in [0.25, 0.3) is 0 Å². The predicted molar refractivity (Wildman–Crippen MR) is 53.0 cm³/mol. The van der Waals surface area contributed by atoms with Gasteiger partial charge >= 0.3 is 6.18 Å². The minimum atomic E-state index is -4.38. The summed E-state index contributed by atoms with van der Waals surface area (Å²) in [5.41, 5.74) is 5.60. The molecule has 2 N–H and O–H groups in total. The Labute approximate surface area is 94.4 Å². The zero-order chi connectivity index (χ0) is 11.8. The maximum absolute atomic E-state index is 12.4. The standard InChI is InChI=1S/C9H11F3N2OS/c10-9(11,12)7-14-6(5-16-7)8(13)1-3-15-4-2-8/h5H,1-4,13H2. The quantitative estimate of drug-likeness (QED) is 0.833. The zero-order valence-electron chi connectivity index (χ0n) is 8.38. The van der Waals surface area contributed by atoms with E-state index in [-0.39, 0.29) is 0 Å². The maximum Gasteiger partial charge on any atom is 0.443 e. The second-order valence-corrected chi connectivity index (χ2v) is 4.66. The van der Waals surface area contributed by atoms with E-state index in [1.54, 1.807) is 0 Å². The maximum atomic E-state index is 12.4. The number of nitrogens with two attached hydrogens (primary N) is 1. The number of thiazole rings is 1. The van der Waals surface area contributed by atoms with Gasteiger partial charge in [0.1, 0.15) is 0 Å². The first-order chi connectivity index (χ1) is 7.42. The molecule has 90 valence electrons. The van der Waals surface area contributed by atoms with Gasteiger partial charge in [-0.25, -0.2) is 4.98 Å². The van der Waals surface area contributed by atoms with Gasteiger partial charge in [0.05, 0.1) is 11.2 Å². The van der Waals surface area contributed by atoms with Gasteiger partial charge in [-0.05, 0) is 12.8 Å². The first-order valence-electron chi connectivity index (χ1n) is 4.82. The van der Waals surface area contributed by atoms with Crippen molar-refractivity contribution in [2.45, 2.75) is 24.6 Å². The molecule has 0 radical (unpaired) electrons. The van der Waals surface area contributed by atoms with Crippen molar-refractivity contribution in [2.75, 3.05) is 13.2 Å². The molecular formula is C9H11F3N2OS. The number of ether oxygens (including phenoxy) is 1. The molecule has 0 bridgehead atoms. The third-order valence-electron chi connectivity index (χ3n) is 2.64. The van der Waals surface area contributed by atoms with Crippen molar-refractivity contribution >= 4 is 11.3 Å². The molecule has 0 atom stereocenters. The predicted octanol–water partition coefficient (Wildman–Crippen LogP) is 2.13. The van der Waals surface area contributed by atoms with Crippen LogP contribution in [0.4, 0.5) is 13.2 Å². The third kappa shape index (κ3) is 2.21. The number of halogens is 3. The Morgan fingerprint density at radius 2 is 2.00 bits per heavy atom. The number of rotatable bonds is 1. The molecule has 0 aromatic carbocycles. The first kappa shape index (κ1) is 11.8. The van der Waals surface area contributed by atoms with Crippen LogP contribution in [0.15, 0.2) is 5.38 Å². The topological polar surface area (TPSA) is 48.1 Å². The minimum absolute atomic E-state index is 0.327. The second-order valence-electron chi connectivity index (χ2n) is 3.80. The molecule has 1 aromatic rings. The summed E-state index contributed by atoms with van der Waals surface area (Å²) in [5.74, 6) is 0. The Morgan fingerprint density at radius 3 is 2.50 bits per heavy atom. The number of aromatic nitrogens is 1. The summed E-state index contributed by atoms with van der Waals surface area (Å²) in [6.07, 6.45) is -3.37. The molecule has 0 unspecified atom stereocenters. The fourth-order valence-electron chi connectivity index (χ4n) is 1.62. The monoisotopic (exact) mass is 252 g/mol. The Hall–Kier alpha value is -0.660. The Morgan fingerprint density at radius 1 is 1.38 bits per heavy atom. The van der Waals surface area contributed by atoms with Crippen LogP contribution in [-0.4, -0.2) is 18.2 Å². The average molecular weight is 252 g/mol. The van der Waals surface area contributed by atoms with Gasteiger partial charge in [0.2, 0.25) is 0 Å². The van der Waals surface area contributed by atoms with Gasteiger partial charge in [0.25, 0.3) is 0 Å². The highest BCUT2D eigenvalue weighted by molar-refractivity contribution is 7.09. The SMILES string of the molecule is NC1(c2csc(C(F)(F)F)n2)CCOCC1. The highest BCUT2D eigenvalue weighted by Crippen LogP contribution is 2.36. The van der Waals surface area contributed by atoms with Crippen molar-refractivity contribution in [1.29, 1.82) is 0 Å². The Bertz CT molecular complexity index is 371. The van der Waals surface area contributed by atoms with Gasteiger partial charge in [-0.2, -0.15) is 13.2 Å². The van der Waals surface area contributed by atoms with Gasteiger partial charge in [-0.15, -0.1) is 11.3 Å². The van der Waals surface area contributed by atoms with Crippen LogP contribution in [0.5, 0.6) is 0 Å². The summed E-state index contributed by atoms with van der Waals surface area (Å²) in [6.45, 7) is 0.935. The molecule has 16 heavy (non-hydrogen) atoms. The van der Waals surface area contributed by atoms with Gasteiger partial charge in [-0.1, -0.05) is 0 Å². The lowest BCUT2D eigenvalue weighted by Crippen LogP contribution is -2.42. The van der Waals surface area contributed by atoms with Crippen LogP contribution in [0.3, 0.4) is 0 Å². The Kier molecular flexibility index (Phi) is 2.93. The van der Waals surface area contributed by atoms with Crippen LogP contribution in [0.2, 0.25) is 0 Å². The van der Waals surface area contributed by atoms with Crippen LogP contribution in [-0.2, 0) is 16.5 Å². The fraction of sp³-hybridized carbons (Fsp3) is 0.667. The van der Waals surface area contributed by atoms with E-state index in [0.717, 1.165) is 0 Å². The van der Waals surface area contributed by atoms with E-state index in [1.165, 1.54) is 5.38 Å². The summed E-state index contributed by atoms with van der Waals surface area (Å²) in [7, 11) is 0. The summed E-state index contributed by atoms with van der Waals surface area (Å²) >= 11 is 0.592. The normalized spacial score (nSPS) is 21.0. The second kappa shape index (κ2) is 3.97. The summed E-state index contributed by atoms with van der Waals surface area (Å²) < 4.78 is 42.3. The summed E-state index contributed by atoms with van der Waals surface area (Å²) in [4.78, 5) is 3.59. The molecule has 2 rings (SSSR count). The molecule has 1 aromatic heterocycles. The largest absolute Gasteiger partial charge is 0.443 e. The lowest BCUT2D eigenvalue weighted by atomic mass is 9.88. The van der Waals surface area contributed by atoms with Crippen LogP contribution >= 0.6 is 11.3 Å². The smallest absolute Gasteiger partial charge is 0.381 e. The van der Waals surface area contributed by atoms with Crippen LogP contribution < -0.4 is 5.73 Å². The highest BCUT2D eigenvalue weighted by Gasteiger charge is 2.38. The van der Waals surface area contributed by atoms with Crippen molar-refractivity contribution in [3.63, 3.8) is 0 Å². The van der Waals surface area contributed by atoms with Gasteiger partial charge in [-0.3, -0.25) is 0 Å². The van der Waals surface area contributed by atoms with Crippen molar-refractivity contribution in [2.24, 2.45) is 5.73 Å². The molecule has 2 heterocycles. The molecule has 3 nitrogen and oxygen atoms in total. The van der Waals surface area contributed by atoms with E-state index >= 15 is 0 Å². The van der Waals surface area contributed by atoms with Crippen LogP contribution in [0.1, 0.15) is 23.5 Å². The van der Waals surface area contributed by atoms with Gasteiger partial charge in [0.15, 0.2) is 5.01 Å². The number of hydrogen-bond acceptors (Lipinski definition) is 4. The van der Waals surface area contributed by atoms with Gasteiger partial charge in [0, 0.05) is 18.6 Å². The van der Waals surface area contributed by atoms with E-state index in [9.17, 15) is 13.2 Å². The van der Waals surface area contributed by atoms with Gasteiger partial charge < -0.3 is 10.5 Å². The lowest BCUT2D eigenvalue weighted by molar-refractivity contribution is -0.137. The van der Waals surface area contributed by atoms with Crippen molar-refractivity contribution in [1.82, 2.24) is 4.98 Å². The Balaban J connectivity index is 2.24. The minimum Gasteiger partial charge on any atom is -0.381 e. The molecule has 0 saturated carbocycles. The molecule has 1 aliphatic heterocycles. The van der Waals surface area contributed by atoms with E-state index < -0.39 is 16.7 Å². The fourth-order valence-corrected chi connectivity index (χ4v) is 2.42. The summed E-state index contributed by atoms with van der Waals surface area (Å²) in [6, 6.07) is 0. The molecule has 1 saturated heterocycles. The van der Waals surface area contributed by atoms with E-state index in [0.29, 0.717) is 43.1 Å². The lowest BCUT2D eigenvalue weighted by Gasteiger charge is -2.31. The number of alkyl halides is 3. The average Bonchev–Trinajstić information content (AvgIpc) is 2.67. The van der Waals surface area contributed by atoms with E-state index in [1.807, 2.05) is 0 Å². The molecular weight excluding hydrogens is 241 g/mol.